The summed E-state index contributed by atoms with van der Waals surface area (Å²) in [4.78, 5) is 69.4. The number of nitrogens with zero attached hydrogens (tertiary/aromatic N) is 1. The van der Waals surface area contributed by atoms with Crippen molar-refractivity contribution < 1.29 is 57.0 Å². The fourth-order valence-electron chi connectivity index (χ4n) is 8.88. The second kappa shape index (κ2) is 21.5. The summed E-state index contributed by atoms with van der Waals surface area (Å²) in [5.74, 6) is -3.15. The van der Waals surface area contributed by atoms with E-state index in [2.05, 4.69) is 27.9 Å². The smallest absolute Gasteiger partial charge is 0.407 e. The van der Waals surface area contributed by atoms with Crippen molar-refractivity contribution >= 4 is 23.8 Å². The van der Waals surface area contributed by atoms with Crippen LogP contribution >= 0.6 is 0 Å². The van der Waals surface area contributed by atoms with Crippen LogP contribution in [0.5, 0.6) is 0 Å². The van der Waals surface area contributed by atoms with Crippen LogP contribution in [0.15, 0.2) is 46.1 Å². The van der Waals surface area contributed by atoms with E-state index in [1.165, 1.54) is 37.9 Å². The monoisotopic (exact) mass is 944 g/mol. The van der Waals surface area contributed by atoms with E-state index in [-0.39, 0.29) is 6.54 Å². The van der Waals surface area contributed by atoms with Gasteiger partial charge >= 0.3 is 23.8 Å². The number of anilines is 1. The summed E-state index contributed by atoms with van der Waals surface area (Å²) in [6, 6.07) is 6.29. The number of H-pyrrole nitrogens is 1. The number of carbonyl (C=O) groups excluding carboxylic acids is 3. The Morgan fingerprint density at radius 2 is 1.43 bits per heavy atom. The van der Waals surface area contributed by atoms with Crippen molar-refractivity contribution in [3.63, 3.8) is 0 Å². The molecular weight excluding hydrogens is 871 g/mol. The lowest BCUT2D eigenvalue weighted by Gasteiger charge is -2.37. The largest absolute Gasteiger partial charge is 0.458 e. The van der Waals surface area contributed by atoms with E-state index >= 15 is 0 Å². The highest BCUT2D eigenvalue weighted by Crippen LogP contribution is 2.47. The molecule has 0 aliphatic carbocycles. The molecule has 0 unspecified atom stereocenters. The zero-order valence-electron chi connectivity index (χ0n) is 41.0. The number of aryl methyl sites for hydroxylation is 1. The van der Waals surface area contributed by atoms with Crippen LogP contribution in [0.4, 0.5) is 15.3 Å². The number of nitrogens with one attached hydrogen (secondary N) is 4. The number of unbranched alkanes of at least 4 members (excludes halogenated alkanes) is 5. The number of hydrogen-bond donors (Lipinski definition) is 4. The Balaban J connectivity index is 1.35. The van der Waals surface area contributed by atoms with Crippen LogP contribution in [0.3, 0.4) is 0 Å². The highest BCUT2D eigenvalue weighted by atomic mass is 16.8. The van der Waals surface area contributed by atoms with Gasteiger partial charge in [-0.1, -0.05) is 65.0 Å². The van der Waals surface area contributed by atoms with Gasteiger partial charge in [-0.2, -0.15) is 0 Å². The molecule has 0 spiro atoms. The third-order valence-corrected chi connectivity index (χ3v) is 12.0. The molecule has 19 nitrogen and oxygen atoms in total. The molecule has 4 saturated heterocycles. The number of hydrogen-bond acceptors (Lipinski definition) is 14. The van der Waals surface area contributed by atoms with Crippen molar-refractivity contribution in [2.75, 3.05) is 11.9 Å². The second-order valence-corrected chi connectivity index (χ2v) is 20.2. The predicted octanol–water partition coefficient (Wildman–Crippen LogP) is 6.32. The van der Waals surface area contributed by atoms with E-state index in [0.29, 0.717) is 18.5 Å². The van der Waals surface area contributed by atoms with Gasteiger partial charge in [0.2, 0.25) is 0 Å². The molecule has 3 amide bonds. The maximum Gasteiger partial charge on any atom is 0.407 e. The number of esters is 1. The average molecular weight is 944 g/mol. The van der Waals surface area contributed by atoms with Crippen LogP contribution < -0.4 is 27.2 Å². The van der Waals surface area contributed by atoms with Crippen molar-refractivity contribution in [1.82, 2.24) is 20.2 Å². The summed E-state index contributed by atoms with van der Waals surface area (Å²) in [6.07, 6.45) is -0.339. The lowest BCUT2D eigenvalue weighted by Crippen LogP contribution is -2.60. The number of alkyl carbamates (subject to hydrolysis) is 1. The lowest BCUT2D eigenvalue weighted by molar-refractivity contribution is -0.275. The fraction of sp³-hybridized carbons (Fsp3) is 0.729. The van der Waals surface area contributed by atoms with Gasteiger partial charge in [0.25, 0.3) is 5.56 Å². The molecular formula is C48H73N5O14. The topological polar surface area (TPSA) is 225 Å². The number of fused-ring (bicyclic) bond motifs is 2. The number of aromatic nitrogens is 2. The third-order valence-electron chi connectivity index (χ3n) is 12.0. The molecule has 374 valence electrons. The quantitative estimate of drug-likeness (QED) is 0.0893. The van der Waals surface area contributed by atoms with Gasteiger partial charge < -0.3 is 58.6 Å². The minimum absolute atomic E-state index is 0.0612. The maximum atomic E-state index is 14.7. The van der Waals surface area contributed by atoms with Crippen LogP contribution in [-0.4, -0.2) is 112 Å². The van der Waals surface area contributed by atoms with Gasteiger partial charge in [-0.25, -0.2) is 19.2 Å². The van der Waals surface area contributed by atoms with Crippen molar-refractivity contribution in [2.24, 2.45) is 0 Å². The summed E-state index contributed by atoms with van der Waals surface area (Å²) in [5.41, 5.74) is -1.60. The maximum absolute atomic E-state index is 14.7. The molecule has 2 aromatic rings. The van der Waals surface area contributed by atoms with Gasteiger partial charge in [0.15, 0.2) is 30.1 Å². The van der Waals surface area contributed by atoms with Crippen LogP contribution in [0.25, 0.3) is 0 Å². The zero-order chi connectivity index (χ0) is 48.9. The Labute approximate surface area is 392 Å². The Hall–Kier alpha value is -4.37. The number of rotatable bonds is 19. The van der Waals surface area contributed by atoms with Gasteiger partial charge in [-0.05, 0) is 98.8 Å². The first-order chi connectivity index (χ1) is 31.5. The van der Waals surface area contributed by atoms with Gasteiger partial charge in [-0.3, -0.25) is 14.3 Å². The van der Waals surface area contributed by atoms with E-state index in [4.69, 9.17) is 42.6 Å². The molecule has 4 aliphatic heterocycles. The molecule has 4 N–H and O–H groups in total. The van der Waals surface area contributed by atoms with Gasteiger partial charge in [0.05, 0.1) is 0 Å². The summed E-state index contributed by atoms with van der Waals surface area (Å²) in [7, 11) is 0. The minimum Gasteiger partial charge on any atom is -0.458 e. The Morgan fingerprint density at radius 1 is 0.791 bits per heavy atom. The van der Waals surface area contributed by atoms with E-state index in [0.717, 1.165) is 29.4 Å². The van der Waals surface area contributed by atoms with Crippen LogP contribution in [0, 0.1) is 0 Å². The number of aromatic amines is 1. The van der Waals surface area contributed by atoms with Gasteiger partial charge in [0.1, 0.15) is 53.9 Å². The highest BCUT2D eigenvalue weighted by Gasteiger charge is 2.63. The Morgan fingerprint density at radius 3 is 2.07 bits per heavy atom. The fourth-order valence-corrected chi connectivity index (χ4v) is 8.88. The highest BCUT2D eigenvalue weighted by molar-refractivity contribution is 5.93. The predicted molar refractivity (Wildman–Crippen MR) is 245 cm³/mol. The second-order valence-electron chi connectivity index (χ2n) is 20.2. The Bertz CT molecular complexity index is 2110. The molecule has 10 atom stereocenters. The third kappa shape index (κ3) is 13.5. The average Bonchev–Trinajstić information content (AvgIpc) is 3.96. The molecule has 4 aliphatic rings. The van der Waals surface area contributed by atoms with E-state index in [9.17, 15) is 24.0 Å². The number of carbonyl (C=O) groups is 3. The van der Waals surface area contributed by atoms with Gasteiger partial charge in [0, 0.05) is 24.5 Å². The Kier molecular flexibility index (Phi) is 16.7. The molecule has 0 radical (unpaired) electrons. The van der Waals surface area contributed by atoms with E-state index in [1.54, 1.807) is 67.5 Å². The van der Waals surface area contributed by atoms with Crippen molar-refractivity contribution in [1.29, 1.82) is 0 Å². The standard InChI is InChI=1S/C48H73N5O14/c1-12-15-16-17-18-19-20-28-21-23-29(24-22-28)50-42(56)52-32(40(55)66-45(4,5)6)34(35-36-37(63-47(10,11)62-36)39(60-35)53-26-25-31(54)51-43(53)57)61-41-38-33(64-48(13-2,14-3)65-38)30(59-41)27-49-44(58)67-46(7,8)9/h21-26,30,32-39,41H,12-20,27H2,1-11H3,(H,49,58)(H2,50,52,56)(H,51,54,57)/t30-,32+,33-,34+,35-,36-,37-,38-,39-,41+/m1/s1. The van der Waals surface area contributed by atoms with Crippen LogP contribution in [0.2, 0.25) is 0 Å². The first kappa shape index (κ1) is 52.0. The van der Waals surface area contributed by atoms with Gasteiger partial charge in [-0.15, -0.1) is 0 Å². The molecule has 67 heavy (non-hydrogen) atoms. The van der Waals surface area contributed by atoms with Crippen LogP contribution in [0.1, 0.15) is 139 Å². The molecule has 0 bridgehead atoms. The molecule has 1 aromatic heterocycles. The van der Waals surface area contributed by atoms with E-state index < -0.39 is 113 Å². The SMILES string of the molecule is CCCCCCCCc1ccc(NC(=O)N[C@H](C(=O)OC(C)(C)C)[C@H](O[C@@H]2O[C@H](CNC(=O)OC(C)(C)C)[C@H]3OC(CC)(CC)O[C@@H]23)[C@H]2O[C@@H](n3ccc(=O)[nH]c3=O)[C@@H]3OC(C)(C)O[C@H]23)cc1. The summed E-state index contributed by atoms with van der Waals surface area (Å²) in [5, 5.41) is 8.43. The number of amides is 3. The van der Waals surface area contributed by atoms with Crippen molar-refractivity contribution in [2.45, 2.75) is 218 Å². The summed E-state index contributed by atoms with van der Waals surface area (Å²) >= 11 is 0. The first-order valence-electron chi connectivity index (χ1n) is 23.9. The molecule has 6 rings (SSSR count). The number of ether oxygens (including phenoxy) is 9. The number of benzene rings is 1. The summed E-state index contributed by atoms with van der Waals surface area (Å²) in [6.45, 7) is 19.7. The number of urea groups is 1. The molecule has 4 fully saturated rings. The van der Waals surface area contributed by atoms with Crippen molar-refractivity contribution in [3.8, 4) is 0 Å². The minimum atomic E-state index is -1.64. The first-order valence-corrected chi connectivity index (χ1v) is 23.9. The molecule has 19 heteroatoms. The normalized spacial score (nSPS) is 27.1. The molecule has 5 heterocycles. The zero-order valence-corrected chi connectivity index (χ0v) is 41.0. The van der Waals surface area contributed by atoms with Crippen molar-refractivity contribution in [3.05, 3.63) is 62.9 Å². The molecule has 0 saturated carbocycles. The van der Waals surface area contributed by atoms with E-state index in [1.807, 2.05) is 26.0 Å². The lowest BCUT2D eigenvalue weighted by atomic mass is 9.98. The molecule has 1 aromatic carbocycles. The van der Waals surface area contributed by atoms with Crippen LogP contribution in [-0.2, 0) is 53.8 Å². The summed E-state index contributed by atoms with van der Waals surface area (Å²) < 4.78 is 58.8.